The van der Waals surface area contributed by atoms with E-state index < -0.39 is 5.97 Å². The molecule has 0 aliphatic carbocycles. The number of amides is 1. The third kappa shape index (κ3) is 6.21. The van der Waals surface area contributed by atoms with Crippen LogP contribution >= 0.6 is 0 Å². The zero-order valence-corrected chi connectivity index (χ0v) is 12.6. The summed E-state index contributed by atoms with van der Waals surface area (Å²) < 4.78 is 4.79. The molecular formula is C16H21NO4. The zero-order chi connectivity index (χ0) is 15.8. The van der Waals surface area contributed by atoms with Crippen molar-refractivity contribution in [2.24, 2.45) is 5.92 Å². The highest BCUT2D eigenvalue weighted by Gasteiger charge is 2.10. The number of hydrogen-bond acceptors (Lipinski definition) is 4. The fourth-order valence-corrected chi connectivity index (χ4v) is 1.65. The van der Waals surface area contributed by atoms with Crippen LogP contribution in [0.25, 0.3) is 0 Å². The lowest BCUT2D eigenvalue weighted by Crippen LogP contribution is -2.15. The first-order chi connectivity index (χ1) is 9.92. The van der Waals surface area contributed by atoms with E-state index in [2.05, 4.69) is 5.32 Å². The minimum absolute atomic E-state index is 0.0547. The van der Waals surface area contributed by atoms with E-state index in [4.69, 9.17) is 4.74 Å². The number of ketones is 1. The molecule has 1 rings (SSSR count). The second kappa shape index (κ2) is 8.19. The van der Waals surface area contributed by atoms with Gasteiger partial charge in [0.05, 0.1) is 0 Å². The number of Topliss-reactive ketones (excluding diaryl/α,β-unsaturated/α-hetero) is 1. The molecule has 1 amide bonds. The van der Waals surface area contributed by atoms with E-state index in [1.165, 1.54) is 0 Å². The molecule has 1 aromatic rings. The number of ether oxygens (including phenoxy) is 1. The predicted octanol–water partition coefficient (Wildman–Crippen LogP) is 2.81. The van der Waals surface area contributed by atoms with Crippen molar-refractivity contribution in [3.8, 4) is 0 Å². The molecule has 0 aliphatic rings. The summed E-state index contributed by atoms with van der Waals surface area (Å²) in [4.78, 5) is 34.4. The highest BCUT2D eigenvalue weighted by Crippen LogP contribution is 2.12. The van der Waals surface area contributed by atoms with Gasteiger partial charge >= 0.3 is 5.97 Å². The number of rotatable bonds is 7. The number of carbonyl (C=O) groups excluding carboxylic acids is 3. The average Bonchev–Trinajstić information content (AvgIpc) is 2.44. The summed E-state index contributed by atoms with van der Waals surface area (Å²) in [7, 11) is 0. The molecule has 0 fully saturated rings. The Balaban J connectivity index is 2.55. The lowest BCUT2D eigenvalue weighted by molar-refractivity contribution is -0.142. The first-order valence-corrected chi connectivity index (χ1v) is 7.01. The monoisotopic (exact) mass is 291 g/mol. The Kier molecular flexibility index (Phi) is 6.59. The molecular weight excluding hydrogens is 270 g/mol. The van der Waals surface area contributed by atoms with Gasteiger partial charge in [-0.15, -0.1) is 0 Å². The van der Waals surface area contributed by atoms with Crippen LogP contribution in [0.1, 0.15) is 44.0 Å². The van der Waals surface area contributed by atoms with E-state index in [1.807, 2.05) is 13.8 Å². The van der Waals surface area contributed by atoms with Crippen LogP contribution in [-0.2, 0) is 14.3 Å². The molecule has 5 heteroatoms. The van der Waals surface area contributed by atoms with Gasteiger partial charge in [0.25, 0.3) is 0 Å². The van der Waals surface area contributed by atoms with Gasteiger partial charge in [-0.1, -0.05) is 20.8 Å². The van der Waals surface area contributed by atoms with Gasteiger partial charge in [0.15, 0.2) is 12.4 Å². The molecule has 0 bridgehead atoms. The summed E-state index contributed by atoms with van der Waals surface area (Å²) in [5.74, 6) is -0.433. The van der Waals surface area contributed by atoms with Crippen LogP contribution in [0.15, 0.2) is 24.3 Å². The topological polar surface area (TPSA) is 72.5 Å². The van der Waals surface area contributed by atoms with Crippen LogP contribution < -0.4 is 5.32 Å². The second-order valence-corrected chi connectivity index (χ2v) is 5.16. The van der Waals surface area contributed by atoms with Crippen molar-refractivity contribution in [3.05, 3.63) is 29.8 Å². The molecule has 0 aromatic heterocycles. The molecule has 0 radical (unpaired) electrons. The van der Waals surface area contributed by atoms with Crippen molar-refractivity contribution >= 4 is 23.3 Å². The SMILES string of the molecule is CCC(=O)OCC(=O)c1ccc(NC(=O)CC(C)C)cc1. The first-order valence-electron chi connectivity index (χ1n) is 7.01. The zero-order valence-electron chi connectivity index (χ0n) is 12.6. The molecule has 1 N–H and O–H groups in total. The van der Waals surface area contributed by atoms with E-state index in [0.717, 1.165) is 0 Å². The summed E-state index contributed by atoms with van der Waals surface area (Å²) in [5, 5.41) is 2.76. The van der Waals surface area contributed by atoms with Crippen molar-refractivity contribution in [1.82, 2.24) is 0 Å². The second-order valence-electron chi connectivity index (χ2n) is 5.16. The third-order valence-electron chi connectivity index (χ3n) is 2.74. The van der Waals surface area contributed by atoms with Gasteiger partial charge in [0.2, 0.25) is 5.91 Å². The molecule has 0 saturated carbocycles. The number of carbonyl (C=O) groups is 3. The summed E-state index contributed by atoms with van der Waals surface area (Å²) in [6.07, 6.45) is 0.696. The van der Waals surface area contributed by atoms with Gasteiger partial charge in [0, 0.05) is 24.1 Å². The normalized spacial score (nSPS) is 10.3. The number of esters is 1. The Bertz CT molecular complexity index is 506. The van der Waals surface area contributed by atoms with E-state index in [-0.39, 0.29) is 24.7 Å². The summed E-state index contributed by atoms with van der Waals surface area (Å²) in [6, 6.07) is 6.53. The predicted molar refractivity (Wildman–Crippen MR) is 80.1 cm³/mol. The van der Waals surface area contributed by atoms with Crippen molar-refractivity contribution < 1.29 is 19.1 Å². The average molecular weight is 291 g/mol. The first kappa shape index (κ1) is 16.9. The van der Waals surface area contributed by atoms with Crippen LogP contribution in [-0.4, -0.2) is 24.3 Å². The lowest BCUT2D eigenvalue weighted by atomic mass is 10.1. The molecule has 0 saturated heterocycles. The Labute approximate surface area is 124 Å². The smallest absolute Gasteiger partial charge is 0.305 e. The van der Waals surface area contributed by atoms with Crippen LogP contribution in [0.3, 0.4) is 0 Å². The van der Waals surface area contributed by atoms with Crippen molar-refractivity contribution in [3.63, 3.8) is 0 Å². The van der Waals surface area contributed by atoms with Gasteiger partial charge < -0.3 is 10.1 Å². The number of benzene rings is 1. The number of hydrogen-bond donors (Lipinski definition) is 1. The Morgan fingerprint density at radius 2 is 1.76 bits per heavy atom. The fourth-order valence-electron chi connectivity index (χ4n) is 1.65. The van der Waals surface area contributed by atoms with Crippen LogP contribution in [0.2, 0.25) is 0 Å². The van der Waals surface area contributed by atoms with Gasteiger partial charge in [0.1, 0.15) is 0 Å². The Morgan fingerprint density at radius 3 is 2.29 bits per heavy atom. The molecule has 21 heavy (non-hydrogen) atoms. The highest BCUT2D eigenvalue weighted by molar-refractivity contribution is 5.98. The van der Waals surface area contributed by atoms with Crippen LogP contribution in [0, 0.1) is 5.92 Å². The van der Waals surface area contributed by atoms with Crippen LogP contribution in [0.4, 0.5) is 5.69 Å². The quantitative estimate of drug-likeness (QED) is 0.619. The molecule has 114 valence electrons. The maximum atomic E-state index is 11.8. The minimum atomic E-state index is -0.402. The minimum Gasteiger partial charge on any atom is -0.457 e. The van der Waals surface area contributed by atoms with Crippen molar-refractivity contribution in [1.29, 1.82) is 0 Å². The summed E-state index contributed by atoms with van der Waals surface area (Å²) in [5.41, 5.74) is 1.09. The molecule has 5 nitrogen and oxygen atoms in total. The van der Waals surface area contributed by atoms with E-state index in [0.29, 0.717) is 23.6 Å². The number of nitrogens with one attached hydrogen (secondary N) is 1. The van der Waals surface area contributed by atoms with E-state index >= 15 is 0 Å². The van der Waals surface area contributed by atoms with E-state index in [1.54, 1.807) is 31.2 Å². The molecule has 0 aliphatic heterocycles. The van der Waals surface area contributed by atoms with Gasteiger partial charge in [-0.3, -0.25) is 14.4 Å². The molecule has 0 spiro atoms. The molecule has 0 atom stereocenters. The largest absolute Gasteiger partial charge is 0.457 e. The fraction of sp³-hybridized carbons (Fsp3) is 0.438. The highest BCUT2D eigenvalue weighted by atomic mass is 16.5. The number of anilines is 1. The van der Waals surface area contributed by atoms with Gasteiger partial charge in [-0.25, -0.2) is 0 Å². The maximum Gasteiger partial charge on any atom is 0.305 e. The Morgan fingerprint density at radius 1 is 1.14 bits per heavy atom. The molecule has 1 aromatic carbocycles. The summed E-state index contributed by atoms with van der Waals surface area (Å²) in [6.45, 7) is 5.35. The summed E-state index contributed by atoms with van der Waals surface area (Å²) >= 11 is 0. The van der Waals surface area contributed by atoms with Crippen molar-refractivity contribution in [2.45, 2.75) is 33.6 Å². The van der Waals surface area contributed by atoms with E-state index in [9.17, 15) is 14.4 Å². The third-order valence-corrected chi connectivity index (χ3v) is 2.74. The van der Waals surface area contributed by atoms with Crippen LogP contribution in [0.5, 0.6) is 0 Å². The molecule has 0 unspecified atom stereocenters. The maximum absolute atomic E-state index is 11.8. The lowest BCUT2D eigenvalue weighted by Gasteiger charge is -2.08. The van der Waals surface area contributed by atoms with Gasteiger partial charge in [-0.2, -0.15) is 0 Å². The Hall–Kier alpha value is -2.17. The van der Waals surface area contributed by atoms with Gasteiger partial charge in [-0.05, 0) is 30.2 Å². The molecule has 0 heterocycles. The standard InChI is InChI=1S/C16H21NO4/c1-4-16(20)21-10-14(18)12-5-7-13(8-6-12)17-15(19)9-11(2)3/h5-8,11H,4,9-10H2,1-3H3,(H,17,19). The van der Waals surface area contributed by atoms with Crippen molar-refractivity contribution in [2.75, 3.05) is 11.9 Å².